The molecule has 1 aromatic rings. The van der Waals surface area contributed by atoms with E-state index in [4.69, 9.17) is 14.3 Å². The van der Waals surface area contributed by atoms with Crippen molar-refractivity contribution in [1.82, 2.24) is 5.48 Å². The molecule has 1 amide bonds. The molecule has 0 fully saturated rings. The first-order valence-electron chi connectivity index (χ1n) is 4.93. The highest BCUT2D eigenvalue weighted by Crippen LogP contribution is 2.17. The third-order valence-corrected chi connectivity index (χ3v) is 1.97. The fourth-order valence-corrected chi connectivity index (χ4v) is 1.11. The van der Waals surface area contributed by atoms with Crippen LogP contribution in [0.2, 0.25) is 0 Å². The number of carbonyl (C=O) groups excluding carboxylic acids is 1. The molecule has 0 saturated carbocycles. The molecule has 17 heavy (non-hydrogen) atoms. The van der Waals surface area contributed by atoms with Crippen molar-refractivity contribution in [3.05, 3.63) is 29.6 Å². The lowest BCUT2D eigenvalue weighted by atomic mass is 10.2. The lowest BCUT2D eigenvalue weighted by Gasteiger charge is -2.06. The van der Waals surface area contributed by atoms with Gasteiger partial charge >= 0.3 is 0 Å². The molecule has 1 aromatic carbocycles. The second-order valence-corrected chi connectivity index (χ2v) is 3.12. The molecule has 6 heteroatoms. The average molecular weight is 243 g/mol. The van der Waals surface area contributed by atoms with E-state index in [1.54, 1.807) is 0 Å². The maximum absolute atomic E-state index is 13.3. The zero-order valence-electron chi connectivity index (χ0n) is 9.66. The van der Waals surface area contributed by atoms with E-state index in [1.807, 2.05) is 0 Å². The summed E-state index contributed by atoms with van der Waals surface area (Å²) in [6.45, 7) is 0.581. The summed E-state index contributed by atoms with van der Waals surface area (Å²) in [7, 11) is 2.87. The molecule has 0 saturated heterocycles. The number of methoxy groups -OCH3 is 2. The van der Waals surface area contributed by atoms with Crippen LogP contribution in [0, 0.1) is 5.82 Å². The molecule has 5 nitrogen and oxygen atoms in total. The molecule has 94 valence electrons. The Balaban J connectivity index is 2.54. The van der Waals surface area contributed by atoms with E-state index in [-0.39, 0.29) is 17.9 Å². The van der Waals surface area contributed by atoms with Gasteiger partial charge in [0.25, 0.3) is 5.91 Å². The van der Waals surface area contributed by atoms with Crippen molar-refractivity contribution in [2.75, 3.05) is 27.4 Å². The second kappa shape index (κ2) is 6.82. The molecule has 0 aliphatic carbocycles. The number of halogens is 1. The zero-order valence-corrected chi connectivity index (χ0v) is 9.66. The summed E-state index contributed by atoms with van der Waals surface area (Å²) in [5.41, 5.74) is 2.33. The summed E-state index contributed by atoms with van der Waals surface area (Å²) < 4.78 is 22.8. The lowest BCUT2D eigenvalue weighted by molar-refractivity contribution is 0.00886. The van der Waals surface area contributed by atoms with Gasteiger partial charge in [-0.2, -0.15) is 0 Å². The van der Waals surface area contributed by atoms with Gasteiger partial charge in [-0.1, -0.05) is 0 Å². The van der Waals surface area contributed by atoms with Crippen molar-refractivity contribution in [3.63, 3.8) is 0 Å². The van der Waals surface area contributed by atoms with Crippen LogP contribution in [0.4, 0.5) is 4.39 Å². The van der Waals surface area contributed by atoms with Gasteiger partial charge in [0.05, 0.1) is 20.3 Å². The molecule has 0 aliphatic heterocycles. The predicted molar refractivity (Wildman–Crippen MR) is 58.2 cm³/mol. The van der Waals surface area contributed by atoms with Crippen LogP contribution in [-0.4, -0.2) is 33.3 Å². The van der Waals surface area contributed by atoms with Crippen LogP contribution in [0.25, 0.3) is 0 Å². The van der Waals surface area contributed by atoms with Gasteiger partial charge < -0.3 is 9.47 Å². The summed E-state index contributed by atoms with van der Waals surface area (Å²) in [4.78, 5) is 16.3. The summed E-state index contributed by atoms with van der Waals surface area (Å²) in [6, 6.07) is 3.89. The fourth-order valence-electron chi connectivity index (χ4n) is 1.11. The van der Waals surface area contributed by atoms with Crippen molar-refractivity contribution in [2.24, 2.45) is 0 Å². The Morgan fingerprint density at radius 1 is 1.35 bits per heavy atom. The summed E-state index contributed by atoms with van der Waals surface area (Å²) in [6.07, 6.45) is 0. The number of hydroxylamine groups is 1. The molecule has 0 atom stereocenters. The summed E-state index contributed by atoms with van der Waals surface area (Å²) in [5.74, 6) is -1.04. The SMILES string of the molecule is COCCONC(=O)c1ccc(OC)c(F)c1. The van der Waals surface area contributed by atoms with E-state index >= 15 is 0 Å². The van der Waals surface area contributed by atoms with Crippen LogP contribution in [0.5, 0.6) is 5.75 Å². The number of nitrogens with one attached hydrogen (secondary N) is 1. The van der Waals surface area contributed by atoms with Crippen LogP contribution in [0.1, 0.15) is 10.4 Å². The van der Waals surface area contributed by atoms with Gasteiger partial charge in [0.1, 0.15) is 0 Å². The van der Waals surface area contributed by atoms with Gasteiger partial charge in [-0.3, -0.25) is 9.63 Å². The maximum Gasteiger partial charge on any atom is 0.274 e. The number of rotatable bonds is 6. The third-order valence-electron chi connectivity index (χ3n) is 1.97. The number of carbonyl (C=O) groups is 1. The van der Waals surface area contributed by atoms with Gasteiger partial charge in [0, 0.05) is 12.7 Å². The minimum absolute atomic E-state index is 0.0850. The summed E-state index contributed by atoms with van der Waals surface area (Å²) >= 11 is 0. The van der Waals surface area contributed by atoms with Gasteiger partial charge in [-0.25, -0.2) is 9.87 Å². The smallest absolute Gasteiger partial charge is 0.274 e. The molecule has 0 unspecified atom stereocenters. The van der Waals surface area contributed by atoms with Crippen molar-refractivity contribution in [3.8, 4) is 5.75 Å². The molecule has 0 bridgehead atoms. The number of amides is 1. The monoisotopic (exact) mass is 243 g/mol. The van der Waals surface area contributed by atoms with Crippen LogP contribution < -0.4 is 10.2 Å². The zero-order chi connectivity index (χ0) is 12.7. The highest BCUT2D eigenvalue weighted by molar-refractivity contribution is 5.93. The maximum atomic E-state index is 13.3. The number of hydrogen-bond acceptors (Lipinski definition) is 4. The Bertz CT molecular complexity index is 384. The first-order chi connectivity index (χ1) is 8.19. The average Bonchev–Trinajstić information content (AvgIpc) is 2.34. The first kappa shape index (κ1) is 13.4. The molecule has 0 spiro atoms. The molecule has 1 N–H and O–H groups in total. The normalized spacial score (nSPS) is 10.1. The topological polar surface area (TPSA) is 56.8 Å². The fraction of sp³-hybridized carbons (Fsp3) is 0.364. The number of ether oxygens (including phenoxy) is 2. The van der Waals surface area contributed by atoms with Crippen molar-refractivity contribution < 1.29 is 23.5 Å². The molecular formula is C11H14FNO4. The lowest BCUT2D eigenvalue weighted by Crippen LogP contribution is -2.25. The Morgan fingerprint density at radius 3 is 2.71 bits per heavy atom. The van der Waals surface area contributed by atoms with Gasteiger partial charge in [0.15, 0.2) is 11.6 Å². The Morgan fingerprint density at radius 2 is 2.12 bits per heavy atom. The van der Waals surface area contributed by atoms with Crippen LogP contribution >= 0.6 is 0 Å². The van der Waals surface area contributed by atoms with Crippen LogP contribution in [0.3, 0.4) is 0 Å². The van der Waals surface area contributed by atoms with E-state index in [0.29, 0.717) is 6.61 Å². The Kier molecular flexibility index (Phi) is 5.38. The van der Waals surface area contributed by atoms with E-state index < -0.39 is 11.7 Å². The largest absolute Gasteiger partial charge is 0.494 e. The van der Waals surface area contributed by atoms with E-state index in [2.05, 4.69) is 5.48 Å². The van der Waals surface area contributed by atoms with Gasteiger partial charge in [-0.05, 0) is 18.2 Å². The Hall–Kier alpha value is -1.66. The van der Waals surface area contributed by atoms with E-state index in [9.17, 15) is 9.18 Å². The second-order valence-electron chi connectivity index (χ2n) is 3.12. The Labute approximate surface area is 98.4 Å². The minimum atomic E-state index is -0.600. The molecule has 1 rings (SSSR count). The highest BCUT2D eigenvalue weighted by atomic mass is 19.1. The molecular weight excluding hydrogens is 229 g/mol. The molecule has 0 aromatic heterocycles. The molecule has 0 aliphatic rings. The molecule has 0 heterocycles. The highest BCUT2D eigenvalue weighted by Gasteiger charge is 2.09. The van der Waals surface area contributed by atoms with Crippen molar-refractivity contribution in [2.45, 2.75) is 0 Å². The van der Waals surface area contributed by atoms with Crippen LogP contribution in [-0.2, 0) is 9.57 Å². The van der Waals surface area contributed by atoms with E-state index in [1.165, 1.54) is 26.4 Å². The minimum Gasteiger partial charge on any atom is -0.494 e. The third kappa shape index (κ3) is 4.01. The van der Waals surface area contributed by atoms with Gasteiger partial charge in [0.2, 0.25) is 0 Å². The first-order valence-corrected chi connectivity index (χ1v) is 4.93. The standard InChI is InChI=1S/C11H14FNO4/c1-15-5-6-17-13-11(14)8-3-4-10(16-2)9(12)7-8/h3-4,7H,5-6H2,1-2H3,(H,13,14). The number of hydrogen-bond donors (Lipinski definition) is 1. The van der Waals surface area contributed by atoms with Crippen molar-refractivity contribution >= 4 is 5.91 Å². The predicted octanol–water partition coefficient (Wildman–Crippen LogP) is 1.14. The van der Waals surface area contributed by atoms with E-state index in [0.717, 1.165) is 6.07 Å². The summed E-state index contributed by atoms with van der Waals surface area (Å²) in [5, 5.41) is 0. The molecule has 0 radical (unpaired) electrons. The quantitative estimate of drug-likeness (QED) is 0.601. The van der Waals surface area contributed by atoms with Gasteiger partial charge in [-0.15, -0.1) is 0 Å². The van der Waals surface area contributed by atoms with Crippen LogP contribution in [0.15, 0.2) is 18.2 Å². The van der Waals surface area contributed by atoms with Crippen molar-refractivity contribution in [1.29, 1.82) is 0 Å². The number of benzene rings is 1.